The summed E-state index contributed by atoms with van der Waals surface area (Å²) < 4.78 is 1.69. The number of hydrogen-bond acceptors (Lipinski definition) is 5. The first-order valence-electron chi connectivity index (χ1n) is 4.48. The summed E-state index contributed by atoms with van der Waals surface area (Å²) in [7, 11) is 1.85. The van der Waals surface area contributed by atoms with Crippen LogP contribution in [-0.4, -0.2) is 39.8 Å². The fraction of sp³-hybridized carbons (Fsp3) is 0.857. The predicted octanol–water partition coefficient (Wildman–Crippen LogP) is -1.00. The predicted molar refractivity (Wildman–Crippen MR) is 48.2 cm³/mol. The van der Waals surface area contributed by atoms with Gasteiger partial charge in [-0.2, -0.15) is 0 Å². The molecule has 6 nitrogen and oxygen atoms in total. The minimum absolute atomic E-state index is 0.594. The van der Waals surface area contributed by atoms with E-state index in [1.165, 1.54) is 0 Å². The molecule has 0 aliphatic carbocycles. The lowest BCUT2D eigenvalue weighted by molar-refractivity contribution is 0.600. The van der Waals surface area contributed by atoms with E-state index < -0.39 is 0 Å². The molecule has 0 aromatic carbocycles. The first kappa shape index (κ1) is 8.43. The molecule has 1 atom stereocenters. The van der Waals surface area contributed by atoms with Crippen molar-refractivity contribution in [3.05, 3.63) is 0 Å². The van der Waals surface area contributed by atoms with Gasteiger partial charge in [-0.1, -0.05) is 5.10 Å². The zero-order valence-corrected chi connectivity index (χ0v) is 7.72. The van der Waals surface area contributed by atoms with Crippen molar-refractivity contribution in [2.45, 2.75) is 6.42 Å². The van der Waals surface area contributed by atoms with Crippen LogP contribution < -0.4 is 10.6 Å². The standard InChI is InChI=1S/C7H14N6/c1-12-7(9-10-11-12)13-3-2-6(4-8)5-13/h6H,2-5,8H2,1H3. The quantitative estimate of drug-likeness (QED) is 0.634. The van der Waals surface area contributed by atoms with Crippen LogP contribution in [0.25, 0.3) is 0 Å². The number of tetrazole rings is 1. The largest absolute Gasteiger partial charge is 0.339 e. The number of aryl methyl sites for hydroxylation is 1. The van der Waals surface area contributed by atoms with E-state index in [1.54, 1.807) is 4.68 Å². The average molecular weight is 182 g/mol. The van der Waals surface area contributed by atoms with Gasteiger partial charge < -0.3 is 10.6 Å². The highest BCUT2D eigenvalue weighted by atomic mass is 15.6. The molecule has 13 heavy (non-hydrogen) atoms. The van der Waals surface area contributed by atoms with E-state index in [4.69, 9.17) is 5.73 Å². The van der Waals surface area contributed by atoms with Gasteiger partial charge in [-0.3, -0.25) is 0 Å². The monoisotopic (exact) mass is 182 g/mol. The van der Waals surface area contributed by atoms with Crippen LogP contribution in [0.3, 0.4) is 0 Å². The SMILES string of the molecule is Cn1nnnc1N1CCC(CN)C1. The highest BCUT2D eigenvalue weighted by Crippen LogP contribution is 2.19. The summed E-state index contributed by atoms with van der Waals surface area (Å²) >= 11 is 0. The van der Waals surface area contributed by atoms with E-state index in [-0.39, 0.29) is 0 Å². The van der Waals surface area contributed by atoms with Crippen LogP contribution in [0.4, 0.5) is 5.95 Å². The Morgan fingerprint density at radius 3 is 3.00 bits per heavy atom. The van der Waals surface area contributed by atoms with Gasteiger partial charge in [0, 0.05) is 20.1 Å². The van der Waals surface area contributed by atoms with Gasteiger partial charge in [-0.15, -0.1) is 0 Å². The normalized spacial score (nSPS) is 22.6. The molecule has 1 aromatic heterocycles. The lowest BCUT2D eigenvalue weighted by Crippen LogP contribution is -2.25. The van der Waals surface area contributed by atoms with Gasteiger partial charge in [-0.25, -0.2) is 4.68 Å². The average Bonchev–Trinajstić information content (AvgIpc) is 2.71. The summed E-state index contributed by atoms with van der Waals surface area (Å²) in [5, 5.41) is 11.4. The summed E-state index contributed by atoms with van der Waals surface area (Å²) in [5.41, 5.74) is 5.60. The second-order valence-electron chi connectivity index (χ2n) is 3.44. The fourth-order valence-electron chi connectivity index (χ4n) is 1.70. The molecule has 0 amide bonds. The molecule has 1 unspecified atom stereocenters. The van der Waals surface area contributed by atoms with Crippen LogP contribution in [0, 0.1) is 5.92 Å². The molecule has 2 N–H and O–H groups in total. The molecule has 2 heterocycles. The second-order valence-corrected chi connectivity index (χ2v) is 3.44. The fourth-order valence-corrected chi connectivity index (χ4v) is 1.70. The molecule has 0 spiro atoms. The van der Waals surface area contributed by atoms with Crippen LogP contribution in [0.15, 0.2) is 0 Å². The van der Waals surface area contributed by atoms with E-state index in [0.29, 0.717) is 5.92 Å². The van der Waals surface area contributed by atoms with E-state index in [1.807, 2.05) is 7.05 Å². The van der Waals surface area contributed by atoms with Crippen molar-refractivity contribution in [3.8, 4) is 0 Å². The van der Waals surface area contributed by atoms with E-state index in [2.05, 4.69) is 20.4 Å². The Labute approximate surface area is 76.7 Å². The lowest BCUT2D eigenvalue weighted by atomic mass is 10.1. The first-order chi connectivity index (χ1) is 6.31. The highest BCUT2D eigenvalue weighted by molar-refractivity contribution is 5.29. The minimum atomic E-state index is 0.594. The van der Waals surface area contributed by atoms with Crippen LogP contribution in [0.1, 0.15) is 6.42 Å². The third-order valence-electron chi connectivity index (χ3n) is 2.50. The first-order valence-corrected chi connectivity index (χ1v) is 4.48. The molecule has 1 fully saturated rings. The Morgan fingerprint density at radius 2 is 2.46 bits per heavy atom. The number of anilines is 1. The summed E-state index contributed by atoms with van der Waals surface area (Å²) in [6.07, 6.45) is 1.14. The van der Waals surface area contributed by atoms with E-state index >= 15 is 0 Å². The molecule has 1 aliphatic heterocycles. The van der Waals surface area contributed by atoms with Crippen molar-refractivity contribution < 1.29 is 0 Å². The molecule has 0 saturated carbocycles. The Kier molecular flexibility index (Phi) is 2.13. The van der Waals surface area contributed by atoms with Crippen molar-refractivity contribution in [1.82, 2.24) is 20.2 Å². The molecule has 1 aromatic rings. The Morgan fingerprint density at radius 1 is 1.62 bits per heavy atom. The minimum Gasteiger partial charge on any atom is -0.339 e. The summed E-state index contributed by atoms with van der Waals surface area (Å²) in [6.45, 7) is 2.74. The second kappa shape index (κ2) is 3.29. The topological polar surface area (TPSA) is 72.9 Å². The third kappa shape index (κ3) is 1.49. The maximum Gasteiger partial charge on any atom is 0.245 e. The van der Waals surface area contributed by atoms with Gasteiger partial charge in [0.15, 0.2) is 0 Å². The summed E-state index contributed by atoms with van der Waals surface area (Å²) in [6, 6.07) is 0. The van der Waals surface area contributed by atoms with Crippen molar-refractivity contribution in [2.24, 2.45) is 18.7 Å². The van der Waals surface area contributed by atoms with Gasteiger partial charge in [0.1, 0.15) is 0 Å². The van der Waals surface area contributed by atoms with Crippen molar-refractivity contribution in [3.63, 3.8) is 0 Å². The number of aromatic nitrogens is 4. The molecule has 72 valence electrons. The Hall–Kier alpha value is -1.17. The molecular formula is C7H14N6. The zero-order chi connectivity index (χ0) is 9.26. The zero-order valence-electron chi connectivity index (χ0n) is 7.72. The molecule has 2 rings (SSSR count). The smallest absolute Gasteiger partial charge is 0.245 e. The Bertz CT molecular complexity index is 282. The van der Waals surface area contributed by atoms with E-state index in [0.717, 1.165) is 32.0 Å². The lowest BCUT2D eigenvalue weighted by Gasteiger charge is -2.14. The van der Waals surface area contributed by atoms with Gasteiger partial charge in [0.25, 0.3) is 0 Å². The van der Waals surface area contributed by atoms with Crippen molar-refractivity contribution in [2.75, 3.05) is 24.5 Å². The van der Waals surface area contributed by atoms with Crippen LogP contribution in [-0.2, 0) is 7.05 Å². The van der Waals surface area contributed by atoms with Crippen LogP contribution >= 0.6 is 0 Å². The van der Waals surface area contributed by atoms with Crippen LogP contribution in [0.5, 0.6) is 0 Å². The van der Waals surface area contributed by atoms with Gasteiger partial charge >= 0.3 is 0 Å². The number of rotatable bonds is 2. The highest BCUT2D eigenvalue weighted by Gasteiger charge is 2.24. The molecule has 6 heteroatoms. The van der Waals surface area contributed by atoms with Crippen LogP contribution in [0.2, 0.25) is 0 Å². The molecule has 0 radical (unpaired) electrons. The number of nitrogens with zero attached hydrogens (tertiary/aromatic N) is 5. The maximum atomic E-state index is 5.60. The summed E-state index contributed by atoms with van der Waals surface area (Å²) in [4.78, 5) is 2.18. The Balaban J connectivity index is 2.08. The molecular weight excluding hydrogens is 168 g/mol. The van der Waals surface area contributed by atoms with E-state index in [9.17, 15) is 0 Å². The number of hydrogen-bond donors (Lipinski definition) is 1. The number of nitrogens with two attached hydrogens (primary N) is 1. The molecule has 1 saturated heterocycles. The van der Waals surface area contributed by atoms with Gasteiger partial charge in [0.05, 0.1) is 0 Å². The van der Waals surface area contributed by atoms with Crippen molar-refractivity contribution >= 4 is 5.95 Å². The van der Waals surface area contributed by atoms with Gasteiger partial charge in [0.2, 0.25) is 5.95 Å². The summed E-state index contributed by atoms with van der Waals surface area (Å²) in [5.74, 6) is 1.44. The maximum absolute atomic E-state index is 5.60. The van der Waals surface area contributed by atoms with Crippen molar-refractivity contribution in [1.29, 1.82) is 0 Å². The molecule has 1 aliphatic rings. The molecule has 0 bridgehead atoms. The third-order valence-corrected chi connectivity index (χ3v) is 2.50. The van der Waals surface area contributed by atoms with Gasteiger partial charge in [-0.05, 0) is 29.3 Å².